The number of carbonyl (C=O) groups is 1. The van der Waals surface area contributed by atoms with Crippen molar-refractivity contribution in [2.24, 2.45) is 14.1 Å². The summed E-state index contributed by atoms with van der Waals surface area (Å²) in [4.78, 5) is 21.7. The Hall–Kier alpha value is -5.10. The number of hydrogen-bond donors (Lipinski definition) is 0. The van der Waals surface area contributed by atoms with E-state index in [-0.39, 0.29) is 11.9 Å². The first-order chi connectivity index (χ1) is 26.9. The molecule has 4 aromatic heterocycles. The summed E-state index contributed by atoms with van der Waals surface area (Å²) in [5, 5.41) is 12.0. The number of alkyl halides is 1. The third-order valence-electron chi connectivity index (χ3n) is 11.1. The first kappa shape index (κ1) is 37.8. The standard InChI is InChI=1S/C43H46Cl2N8O3/c1-24-19-30(20-25(2)38(24)44)56-17-10-13-32-31-11-9-12-33(37-26(3)47-50(7)27(37)4)39(31)52-28(5)41(45)53(43(54)40(32)52)36-22-51(16-18-55-8)35-15-14-29(21-34(35)36)42-46-23-49(6)48-42/h9,11-12,14-15,19-23,28,41H,10,13,16-18H2,1-8H3/t28?,41-/m0/s1. The second-order valence-corrected chi connectivity index (χ2v) is 15.7. The molecule has 1 aliphatic heterocycles. The van der Waals surface area contributed by atoms with Crippen LogP contribution in [0.1, 0.15) is 58.0 Å². The average molecular weight is 794 g/mol. The van der Waals surface area contributed by atoms with Gasteiger partial charge in [0.2, 0.25) is 0 Å². The highest BCUT2D eigenvalue weighted by Gasteiger charge is 2.42. The molecule has 1 amide bonds. The Morgan fingerprint density at radius 1 is 0.946 bits per heavy atom. The Bertz CT molecular complexity index is 2630. The molecular weight excluding hydrogens is 747 g/mol. The van der Waals surface area contributed by atoms with Crippen LogP contribution < -0.4 is 9.64 Å². The van der Waals surface area contributed by atoms with Gasteiger partial charge >= 0.3 is 0 Å². The van der Waals surface area contributed by atoms with Crippen molar-refractivity contribution in [1.82, 2.24) is 33.7 Å². The van der Waals surface area contributed by atoms with Crippen molar-refractivity contribution < 1.29 is 14.3 Å². The third-order valence-corrected chi connectivity index (χ3v) is 12.3. The molecule has 0 bridgehead atoms. The summed E-state index contributed by atoms with van der Waals surface area (Å²) >= 11 is 14.0. The Labute approximate surface area is 336 Å². The van der Waals surface area contributed by atoms with Crippen LogP contribution in [0.3, 0.4) is 0 Å². The predicted molar refractivity (Wildman–Crippen MR) is 223 cm³/mol. The summed E-state index contributed by atoms with van der Waals surface area (Å²) in [5.74, 6) is 1.23. The van der Waals surface area contributed by atoms with Crippen molar-refractivity contribution in [3.63, 3.8) is 0 Å². The minimum Gasteiger partial charge on any atom is -0.494 e. The molecule has 1 unspecified atom stereocenters. The molecule has 11 nitrogen and oxygen atoms in total. The summed E-state index contributed by atoms with van der Waals surface area (Å²) in [6, 6.07) is 16.1. The number of anilines is 1. The molecule has 0 radical (unpaired) electrons. The van der Waals surface area contributed by atoms with Crippen LogP contribution in [0.5, 0.6) is 5.75 Å². The second-order valence-electron chi connectivity index (χ2n) is 14.9. The molecule has 0 N–H and O–H groups in total. The Balaban J connectivity index is 1.28. The van der Waals surface area contributed by atoms with Gasteiger partial charge < -0.3 is 18.6 Å². The molecule has 290 valence electrons. The van der Waals surface area contributed by atoms with E-state index >= 15 is 4.79 Å². The number of aromatic nitrogens is 7. The molecular formula is C43H46Cl2N8O3. The van der Waals surface area contributed by atoms with Gasteiger partial charge in [-0.2, -0.15) is 10.2 Å². The molecule has 5 heterocycles. The zero-order valence-corrected chi connectivity index (χ0v) is 34.5. The number of rotatable bonds is 11. The fourth-order valence-corrected chi connectivity index (χ4v) is 8.80. The number of carbonyl (C=O) groups excluding carboxylic acids is 1. The zero-order valence-electron chi connectivity index (χ0n) is 33.0. The lowest BCUT2D eigenvalue weighted by atomic mass is 9.98. The Kier molecular flexibility index (Phi) is 9.97. The van der Waals surface area contributed by atoms with Gasteiger partial charge in [-0.3, -0.25) is 19.1 Å². The first-order valence-electron chi connectivity index (χ1n) is 18.9. The quantitative estimate of drug-likeness (QED) is 0.0737. The number of ether oxygens (including phenoxy) is 2. The fraction of sp³-hybridized carbons (Fsp3) is 0.349. The van der Waals surface area contributed by atoms with Gasteiger partial charge in [-0.05, 0) is 94.5 Å². The zero-order chi connectivity index (χ0) is 39.6. The molecule has 0 saturated heterocycles. The number of para-hydroxylation sites is 1. The molecule has 56 heavy (non-hydrogen) atoms. The number of nitrogens with zero attached hydrogens (tertiary/aromatic N) is 8. The molecule has 2 atom stereocenters. The van der Waals surface area contributed by atoms with Gasteiger partial charge in [-0.15, -0.1) is 0 Å². The summed E-state index contributed by atoms with van der Waals surface area (Å²) in [7, 11) is 5.50. The summed E-state index contributed by atoms with van der Waals surface area (Å²) < 4.78 is 19.7. The third kappa shape index (κ3) is 6.26. The Morgan fingerprint density at radius 3 is 2.39 bits per heavy atom. The lowest BCUT2D eigenvalue weighted by molar-refractivity contribution is 0.0951. The topological polar surface area (TPSA) is 97.2 Å². The largest absolute Gasteiger partial charge is 0.494 e. The summed E-state index contributed by atoms with van der Waals surface area (Å²) in [5.41, 5.74) is 10.4. The average Bonchev–Trinajstić information content (AvgIpc) is 3.92. The minimum atomic E-state index is -0.708. The van der Waals surface area contributed by atoms with E-state index in [1.165, 1.54) is 0 Å². The van der Waals surface area contributed by atoms with Gasteiger partial charge in [0, 0.05) is 72.1 Å². The number of methoxy groups -OCH3 is 1. The van der Waals surface area contributed by atoms with E-state index in [1.54, 1.807) is 23.0 Å². The molecule has 0 spiro atoms. The maximum atomic E-state index is 15.4. The summed E-state index contributed by atoms with van der Waals surface area (Å²) in [6.45, 7) is 11.8. The molecule has 8 rings (SSSR count). The van der Waals surface area contributed by atoms with E-state index in [4.69, 9.17) is 37.8 Å². The van der Waals surface area contributed by atoms with Gasteiger partial charge in [-0.1, -0.05) is 41.4 Å². The number of benzene rings is 3. The van der Waals surface area contributed by atoms with Crippen LogP contribution in [0.2, 0.25) is 5.02 Å². The number of amides is 1. The van der Waals surface area contributed by atoms with Gasteiger partial charge in [0.15, 0.2) is 5.82 Å². The highest BCUT2D eigenvalue weighted by Crippen LogP contribution is 2.46. The van der Waals surface area contributed by atoms with E-state index in [2.05, 4.69) is 63.4 Å². The molecule has 0 fully saturated rings. The van der Waals surface area contributed by atoms with Crippen LogP contribution in [-0.4, -0.2) is 65.4 Å². The van der Waals surface area contributed by atoms with Crippen LogP contribution in [0.15, 0.2) is 61.1 Å². The maximum Gasteiger partial charge on any atom is 0.276 e. The van der Waals surface area contributed by atoms with Crippen LogP contribution in [-0.2, 0) is 31.8 Å². The molecule has 0 saturated carbocycles. The summed E-state index contributed by atoms with van der Waals surface area (Å²) in [6.07, 6.45) is 5.00. The van der Waals surface area contributed by atoms with E-state index in [1.807, 2.05) is 63.9 Å². The number of halogens is 2. The van der Waals surface area contributed by atoms with E-state index < -0.39 is 5.50 Å². The SMILES string of the molecule is COCCn1cc(N2C(=O)c3c(CCCOc4cc(C)c(Cl)c(C)c4)c4cccc(-c5c(C)nn(C)c5C)c4n3C(C)[C@H]2Cl)c2cc(-c3ncn(C)n3)ccc21. The lowest BCUT2D eigenvalue weighted by Gasteiger charge is -2.38. The van der Waals surface area contributed by atoms with Crippen molar-refractivity contribution in [3.8, 4) is 28.3 Å². The van der Waals surface area contributed by atoms with Crippen molar-refractivity contribution in [2.75, 3.05) is 25.2 Å². The van der Waals surface area contributed by atoms with E-state index in [0.29, 0.717) is 44.1 Å². The minimum absolute atomic E-state index is 0.156. The van der Waals surface area contributed by atoms with Gasteiger partial charge in [-0.25, -0.2) is 4.98 Å². The van der Waals surface area contributed by atoms with Crippen LogP contribution in [0.4, 0.5) is 5.69 Å². The number of hydrogen-bond acceptors (Lipinski definition) is 6. The molecule has 1 aliphatic rings. The second kappa shape index (κ2) is 14.8. The van der Waals surface area contributed by atoms with Crippen LogP contribution >= 0.6 is 23.2 Å². The van der Waals surface area contributed by atoms with Gasteiger partial charge in [0.1, 0.15) is 23.3 Å². The van der Waals surface area contributed by atoms with Crippen LogP contribution in [0.25, 0.3) is 44.3 Å². The van der Waals surface area contributed by atoms with Crippen molar-refractivity contribution in [1.29, 1.82) is 0 Å². The van der Waals surface area contributed by atoms with E-state index in [0.717, 1.165) is 83.0 Å². The smallest absolute Gasteiger partial charge is 0.276 e. The van der Waals surface area contributed by atoms with Gasteiger partial charge in [0.05, 0.1) is 41.7 Å². The maximum absolute atomic E-state index is 15.4. The number of aryl methyl sites for hydroxylation is 6. The van der Waals surface area contributed by atoms with Crippen molar-refractivity contribution in [3.05, 3.63) is 99.8 Å². The molecule has 13 heteroatoms. The highest BCUT2D eigenvalue weighted by molar-refractivity contribution is 6.32. The Morgan fingerprint density at radius 2 is 1.71 bits per heavy atom. The number of fused-ring (bicyclic) bond motifs is 4. The monoisotopic (exact) mass is 792 g/mol. The van der Waals surface area contributed by atoms with Gasteiger partial charge in [0.25, 0.3) is 5.91 Å². The first-order valence-corrected chi connectivity index (χ1v) is 19.7. The van der Waals surface area contributed by atoms with Crippen molar-refractivity contribution in [2.45, 2.75) is 65.5 Å². The molecule has 0 aliphatic carbocycles. The highest BCUT2D eigenvalue weighted by atomic mass is 35.5. The molecule has 3 aromatic carbocycles. The van der Waals surface area contributed by atoms with Crippen LogP contribution in [0, 0.1) is 27.7 Å². The fourth-order valence-electron chi connectivity index (χ4n) is 8.38. The van der Waals surface area contributed by atoms with Crippen molar-refractivity contribution >= 4 is 56.6 Å². The molecule has 7 aromatic rings. The predicted octanol–water partition coefficient (Wildman–Crippen LogP) is 9.12. The normalized spacial score (nSPS) is 15.8. The lowest BCUT2D eigenvalue weighted by Crippen LogP contribution is -2.47. The van der Waals surface area contributed by atoms with E-state index in [9.17, 15) is 0 Å².